The number of halogens is 1. The molecule has 0 aliphatic heterocycles. The van der Waals surface area contributed by atoms with Crippen LogP contribution in [-0.2, 0) is 11.2 Å². The van der Waals surface area contributed by atoms with Gasteiger partial charge in [-0.05, 0) is 37.8 Å². The minimum Gasteiger partial charge on any atom is -0.352 e. The van der Waals surface area contributed by atoms with Crippen LogP contribution in [0.2, 0.25) is 0 Å². The van der Waals surface area contributed by atoms with Gasteiger partial charge in [-0.3, -0.25) is 4.79 Å². The van der Waals surface area contributed by atoms with E-state index in [0.29, 0.717) is 24.6 Å². The van der Waals surface area contributed by atoms with Crippen LogP contribution in [-0.4, -0.2) is 24.5 Å². The van der Waals surface area contributed by atoms with Crippen molar-refractivity contribution in [2.24, 2.45) is 0 Å². The fourth-order valence-corrected chi connectivity index (χ4v) is 1.84. The van der Waals surface area contributed by atoms with E-state index in [9.17, 15) is 9.18 Å². The van der Waals surface area contributed by atoms with Crippen LogP contribution in [0, 0.1) is 5.82 Å². The zero-order valence-electron chi connectivity index (χ0n) is 10.6. The predicted molar refractivity (Wildman–Crippen MR) is 68.7 cm³/mol. The van der Waals surface area contributed by atoms with Crippen LogP contribution in [0.4, 0.5) is 4.39 Å². The molecule has 2 rings (SSSR count). The summed E-state index contributed by atoms with van der Waals surface area (Å²) in [4.78, 5) is 11.5. The molecule has 3 nitrogen and oxygen atoms in total. The number of rotatable bonds is 6. The Bertz CT molecular complexity index is 418. The van der Waals surface area contributed by atoms with Gasteiger partial charge in [-0.1, -0.05) is 18.2 Å². The van der Waals surface area contributed by atoms with Crippen LogP contribution in [0.3, 0.4) is 0 Å². The summed E-state index contributed by atoms with van der Waals surface area (Å²) in [5, 5.41) is 6.02. The first-order valence-electron chi connectivity index (χ1n) is 6.41. The van der Waals surface area contributed by atoms with E-state index in [0.717, 1.165) is 12.8 Å². The highest BCUT2D eigenvalue weighted by atomic mass is 19.1. The number of benzene rings is 1. The molecule has 0 saturated heterocycles. The third kappa shape index (κ3) is 4.11. The normalized spacial score (nSPS) is 16.3. The zero-order valence-corrected chi connectivity index (χ0v) is 10.6. The first kappa shape index (κ1) is 13.0. The van der Waals surface area contributed by atoms with Crippen molar-refractivity contribution < 1.29 is 9.18 Å². The second-order valence-electron chi connectivity index (χ2n) is 4.92. The highest BCUT2D eigenvalue weighted by Gasteiger charge is 2.23. The summed E-state index contributed by atoms with van der Waals surface area (Å²) in [6.07, 6.45) is 2.77. The van der Waals surface area contributed by atoms with Crippen molar-refractivity contribution in [2.45, 2.75) is 38.3 Å². The molecule has 1 fully saturated rings. The predicted octanol–water partition coefficient (Wildman–Crippen LogP) is 1.62. The third-order valence-corrected chi connectivity index (χ3v) is 3.04. The van der Waals surface area contributed by atoms with Crippen LogP contribution in [0.25, 0.3) is 0 Å². The van der Waals surface area contributed by atoms with E-state index in [2.05, 4.69) is 10.6 Å². The molecule has 1 aromatic carbocycles. The quantitative estimate of drug-likeness (QED) is 0.805. The fraction of sp³-hybridized carbons (Fsp3) is 0.500. The highest BCUT2D eigenvalue weighted by molar-refractivity contribution is 5.78. The molecule has 4 heteroatoms. The van der Waals surface area contributed by atoms with Crippen molar-refractivity contribution in [3.8, 4) is 0 Å². The molecule has 0 bridgehead atoms. The number of nitrogens with one attached hydrogen (secondary N) is 2. The van der Waals surface area contributed by atoms with Crippen molar-refractivity contribution in [1.29, 1.82) is 0 Å². The van der Waals surface area contributed by atoms with Gasteiger partial charge in [0.2, 0.25) is 5.91 Å². The van der Waals surface area contributed by atoms with Crippen LogP contribution in [0.5, 0.6) is 0 Å². The molecule has 18 heavy (non-hydrogen) atoms. The lowest BCUT2D eigenvalue weighted by Crippen LogP contribution is -2.39. The largest absolute Gasteiger partial charge is 0.352 e. The number of hydrogen-bond acceptors (Lipinski definition) is 2. The van der Waals surface area contributed by atoms with Crippen LogP contribution >= 0.6 is 0 Å². The SMILES string of the molecule is CC(Cc1ccccc1F)NCC(=O)NC1CC1. The Kier molecular flexibility index (Phi) is 4.31. The fourth-order valence-electron chi connectivity index (χ4n) is 1.84. The molecule has 0 heterocycles. The summed E-state index contributed by atoms with van der Waals surface area (Å²) in [6.45, 7) is 2.25. The second-order valence-corrected chi connectivity index (χ2v) is 4.92. The molecule has 1 amide bonds. The van der Waals surface area contributed by atoms with Gasteiger partial charge in [0.25, 0.3) is 0 Å². The van der Waals surface area contributed by atoms with E-state index in [1.165, 1.54) is 6.07 Å². The van der Waals surface area contributed by atoms with Gasteiger partial charge in [0, 0.05) is 12.1 Å². The maximum absolute atomic E-state index is 13.4. The van der Waals surface area contributed by atoms with Gasteiger partial charge in [0.05, 0.1) is 6.54 Å². The summed E-state index contributed by atoms with van der Waals surface area (Å²) in [5.74, 6) is -0.161. The second kappa shape index (κ2) is 5.96. The topological polar surface area (TPSA) is 41.1 Å². The van der Waals surface area contributed by atoms with Crippen LogP contribution < -0.4 is 10.6 Å². The van der Waals surface area contributed by atoms with Gasteiger partial charge in [0.1, 0.15) is 5.82 Å². The van der Waals surface area contributed by atoms with Crippen molar-refractivity contribution in [3.63, 3.8) is 0 Å². The standard InChI is InChI=1S/C14H19FN2O/c1-10(8-11-4-2-3-5-13(11)15)16-9-14(18)17-12-6-7-12/h2-5,10,12,16H,6-9H2,1H3,(H,17,18). The smallest absolute Gasteiger partial charge is 0.234 e. The average molecular weight is 250 g/mol. The summed E-state index contributed by atoms with van der Waals surface area (Å²) in [6, 6.07) is 7.21. The molecule has 1 aromatic rings. The van der Waals surface area contributed by atoms with E-state index in [1.807, 2.05) is 13.0 Å². The monoisotopic (exact) mass is 250 g/mol. The van der Waals surface area contributed by atoms with Gasteiger partial charge in [-0.25, -0.2) is 4.39 Å². The van der Waals surface area contributed by atoms with Crippen molar-refractivity contribution >= 4 is 5.91 Å². The van der Waals surface area contributed by atoms with Gasteiger partial charge in [0.15, 0.2) is 0 Å². The van der Waals surface area contributed by atoms with Crippen molar-refractivity contribution in [2.75, 3.05) is 6.54 Å². The molecular weight excluding hydrogens is 231 g/mol. The van der Waals surface area contributed by atoms with Gasteiger partial charge < -0.3 is 10.6 Å². The lowest BCUT2D eigenvalue weighted by atomic mass is 10.1. The Hall–Kier alpha value is -1.42. The minimum atomic E-state index is -0.186. The number of carbonyl (C=O) groups excluding carboxylic acids is 1. The third-order valence-electron chi connectivity index (χ3n) is 3.04. The molecule has 1 atom stereocenters. The first-order valence-corrected chi connectivity index (χ1v) is 6.41. The Balaban J connectivity index is 1.72. The Morgan fingerprint density at radius 2 is 2.17 bits per heavy atom. The summed E-state index contributed by atoms with van der Waals surface area (Å²) < 4.78 is 13.4. The lowest BCUT2D eigenvalue weighted by Gasteiger charge is -2.14. The summed E-state index contributed by atoms with van der Waals surface area (Å²) in [5.41, 5.74) is 0.681. The summed E-state index contributed by atoms with van der Waals surface area (Å²) in [7, 11) is 0. The number of carbonyl (C=O) groups is 1. The molecule has 0 aromatic heterocycles. The molecule has 1 unspecified atom stereocenters. The Morgan fingerprint density at radius 1 is 1.44 bits per heavy atom. The molecule has 2 N–H and O–H groups in total. The van der Waals surface area contributed by atoms with Crippen LogP contribution in [0.1, 0.15) is 25.3 Å². The Morgan fingerprint density at radius 3 is 2.83 bits per heavy atom. The van der Waals surface area contributed by atoms with Gasteiger partial charge >= 0.3 is 0 Å². The molecule has 1 saturated carbocycles. The van der Waals surface area contributed by atoms with Gasteiger partial charge in [-0.2, -0.15) is 0 Å². The molecule has 0 radical (unpaired) electrons. The number of amides is 1. The van der Waals surface area contributed by atoms with E-state index >= 15 is 0 Å². The van der Waals surface area contributed by atoms with Crippen LogP contribution in [0.15, 0.2) is 24.3 Å². The lowest BCUT2D eigenvalue weighted by molar-refractivity contribution is -0.120. The van der Waals surface area contributed by atoms with E-state index in [-0.39, 0.29) is 17.8 Å². The van der Waals surface area contributed by atoms with E-state index < -0.39 is 0 Å². The van der Waals surface area contributed by atoms with E-state index in [1.54, 1.807) is 12.1 Å². The molecular formula is C14H19FN2O. The van der Waals surface area contributed by atoms with E-state index in [4.69, 9.17) is 0 Å². The van der Waals surface area contributed by atoms with Gasteiger partial charge in [-0.15, -0.1) is 0 Å². The molecule has 1 aliphatic rings. The highest BCUT2D eigenvalue weighted by Crippen LogP contribution is 2.18. The minimum absolute atomic E-state index is 0.0258. The molecule has 98 valence electrons. The zero-order chi connectivity index (χ0) is 13.0. The van der Waals surface area contributed by atoms with Crippen molar-refractivity contribution in [1.82, 2.24) is 10.6 Å². The first-order chi connectivity index (χ1) is 8.65. The molecule has 0 spiro atoms. The molecule has 1 aliphatic carbocycles. The van der Waals surface area contributed by atoms with Crippen molar-refractivity contribution in [3.05, 3.63) is 35.6 Å². The number of hydrogen-bond donors (Lipinski definition) is 2. The maximum Gasteiger partial charge on any atom is 0.234 e. The maximum atomic E-state index is 13.4. The Labute approximate surface area is 107 Å². The average Bonchev–Trinajstić information content (AvgIpc) is 3.13. The summed E-state index contributed by atoms with van der Waals surface area (Å²) >= 11 is 0.